The number of rotatable bonds is 5. The van der Waals surface area contributed by atoms with Gasteiger partial charge in [0.15, 0.2) is 11.6 Å². The second-order valence-electron chi connectivity index (χ2n) is 7.07. The fourth-order valence-electron chi connectivity index (χ4n) is 3.40. The van der Waals surface area contributed by atoms with Gasteiger partial charge < -0.3 is 4.90 Å². The molecule has 1 fully saturated rings. The molecule has 1 aliphatic rings. The van der Waals surface area contributed by atoms with E-state index in [1.54, 1.807) is 0 Å². The first-order chi connectivity index (χ1) is 14.5. The molecule has 8 nitrogen and oxygen atoms in total. The number of benzene rings is 1. The standard InChI is InChI=1S/C18H18F5N5O3/c1-11-16(28(30)31)17(18(21,22)23)24-27(11)10-14(29)26-7-5-25(6-8-26)9-12-3-2-4-13(19)15(12)20/h2-4H,5-10H2,1H3. The minimum Gasteiger partial charge on any atom is -0.339 e. The fourth-order valence-corrected chi connectivity index (χ4v) is 3.40. The van der Waals surface area contributed by atoms with Gasteiger partial charge in [0, 0.05) is 38.3 Å². The Hall–Kier alpha value is -3.09. The summed E-state index contributed by atoms with van der Waals surface area (Å²) in [4.78, 5) is 25.6. The summed E-state index contributed by atoms with van der Waals surface area (Å²) >= 11 is 0. The summed E-state index contributed by atoms with van der Waals surface area (Å²) in [7, 11) is 0. The van der Waals surface area contributed by atoms with Crippen molar-refractivity contribution < 1.29 is 31.7 Å². The highest BCUT2D eigenvalue weighted by Gasteiger charge is 2.44. The lowest BCUT2D eigenvalue weighted by molar-refractivity contribution is -0.388. The van der Waals surface area contributed by atoms with Crippen LogP contribution in [0.25, 0.3) is 0 Å². The van der Waals surface area contributed by atoms with E-state index in [9.17, 15) is 36.9 Å². The molecule has 2 heterocycles. The Labute approximate surface area is 173 Å². The Bertz CT molecular complexity index is 999. The maximum atomic E-state index is 13.8. The van der Waals surface area contributed by atoms with Crippen LogP contribution in [0.2, 0.25) is 0 Å². The van der Waals surface area contributed by atoms with Crippen molar-refractivity contribution in [2.24, 2.45) is 0 Å². The van der Waals surface area contributed by atoms with Crippen LogP contribution in [0.5, 0.6) is 0 Å². The molecule has 0 spiro atoms. The zero-order chi connectivity index (χ0) is 22.9. The molecule has 0 N–H and O–H groups in total. The molecular formula is C18H18F5N5O3. The number of aromatic nitrogens is 2. The van der Waals surface area contributed by atoms with Crippen LogP contribution in [-0.2, 0) is 24.1 Å². The molecule has 1 saturated heterocycles. The highest BCUT2D eigenvalue weighted by atomic mass is 19.4. The third-order valence-electron chi connectivity index (χ3n) is 5.06. The van der Waals surface area contributed by atoms with Crippen molar-refractivity contribution in [2.75, 3.05) is 26.2 Å². The number of hydrogen-bond donors (Lipinski definition) is 0. The Balaban J connectivity index is 1.64. The topological polar surface area (TPSA) is 84.5 Å². The number of carbonyl (C=O) groups is 1. The van der Waals surface area contributed by atoms with Crippen molar-refractivity contribution in [3.05, 3.63) is 56.9 Å². The molecule has 168 valence electrons. The van der Waals surface area contributed by atoms with Gasteiger partial charge in [-0.05, 0) is 13.0 Å². The third-order valence-corrected chi connectivity index (χ3v) is 5.06. The minimum atomic E-state index is -5.03. The van der Waals surface area contributed by atoms with Crippen molar-refractivity contribution in [3.8, 4) is 0 Å². The second-order valence-corrected chi connectivity index (χ2v) is 7.07. The van der Waals surface area contributed by atoms with E-state index in [1.807, 2.05) is 4.90 Å². The molecular weight excluding hydrogens is 429 g/mol. The van der Waals surface area contributed by atoms with Gasteiger partial charge in [0.05, 0.1) is 4.92 Å². The molecule has 13 heteroatoms. The molecule has 0 radical (unpaired) electrons. The molecule has 1 amide bonds. The van der Waals surface area contributed by atoms with Gasteiger partial charge in [0.25, 0.3) is 0 Å². The van der Waals surface area contributed by atoms with Crippen LogP contribution in [0, 0.1) is 28.7 Å². The number of halogens is 5. The Morgan fingerprint density at radius 3 is 2.39 bits per heavy atom. The van der Waals surface area contributed by atoms with Crippen molar-refractivity contribution in [1.29, 1.82) is 0 Å². The number of amides is 1. The van der Waals surface area contributed by atoms with Crippen molar-refractivity contribution in [3.63, 3.8) is 0 Å². The average molecular weight is 447 g/mol. The smallest absolute Gasteiger partial charge is 0.339 e. The number of carbonyl (C=O) groups excluding carboxylic acids is 1. The molecule has 0 atom stereocenters. The SMILES string of the molecule is Cc1c([N+](=O)[O-])c(C(F)(F)F)nn1CC(=O)N1CCN(Cc2cccc(F)c2F)CC1. The summed E-state index contributed by atoms with van der Waals surface area (Å²) in [5.41, 5.74) is -3.02. The average Bonchev–Trinajstić information content (AvgIpc) is 3.03. The number of nitro groups is 1. The van der Waals surface area contributed by atoms with Crippen LogP contribution < -0.4 is 0 Å². The molecule has 31 heavy (non-hydrogen) atoms. The van der Waals surface area contributed by atoms with Crippen LogP contribution in [-0.4, -0.2) is 56.6 Å². The predicted octanol–water partition coefficient (Wildman–Crippen LogP) is 2.74. The molecule has 1 aliphatic heterocycles. The van der Waals surface area contributed by atoms with Crippen molar-refractivity contribution >= 4 is 11.6 Å². The maximum absolute atomic E-state index is 13.8. The lowest BCUT2D eigenvalue weighted by atomic mass is 10.1. The predicted molar refractivity (Wildman–Crippen MR) is 96.8 cm³/mol. The molecule has 0 aliphatic carbocycles. The monoisotopic (exact) mass is 447 g/mol. The van der Waals surface area contributed by atoms with Crippen LogP contribution in [0.1, 0.15) is 17.0 Å². The molecule has 0 unspecified atom stereocenters. The second kappa shape index (κ2) is 8.57. The summed E-state index contributed by atoms with van der Waals surface area (Å²) in [6.07, 6.45) is -5.03. The summed E-state index contributed by atoms with van der Waals surface area (Å²) in [5.74, 6) is -2.43. The van der Waals surface area contributed by atoms with E-state index in [1.165, 1.54) is 17.0 Å². The maximum Gasteiger partial charge on any atom is 0.442 e. The minimum absolute atomic E-state index is 0.144. The number of nitrogens with zero attached hydrogens (tertiary/aromatic N) is 5. The Kier molecular flexibility index (Phi) is 6.25. The van der Waals surface area contributed by atoms with E-state index in [4.69, 9.17) is 0 Å². The fraction of sp³-hybridized carbons (Fsp3) is 0.444. The largest absolute Gasteiger partial charge is 0.442 e. The molecule has 3 rings (SSSR count). The van der Waals surface area contributed by atoms with Crippen LogP contribution >= 0.6 is 0 Å². The normalized spacial score (nSPS) is 15.4. The van der Waals surface area contributed by atoms with Crippen LogP contribution in [0.15, 0.2) is 18.2 Å². The molecule has 2 aromatic rings. The van der Waals surface area contributed by atoms with E-state index in [2.05, 4.69) is 5.10 Å². The third kappa shape index (κ3) is 4.81. The lowest BCUT2D eigenvalue weighted by Gasteiger charge is -2.34. The van der Waals surface area contributed by atoms with E-state index in [-0.39, 0.29) is 30.9 Å². The van der Waals surface area contributed by atoms with Gasteiger partial charge in [-0.25, -0.2) is 8.78 Å². The summed E-state index contributed by atoms with van der Waals surface area (Å²) in [6, 6.07) is 3.87. The van der Waals surface area contributed by atoms with E-state index < -0.39 is 46.6 Å². The van der Waals surface area contributed by atoms with Crippen molar-refractivity contribution in [1.82, 2.24) is 19.6 Å². The molecule has 0 saturated carbocycles. The highest BCUT2D eigenvalue weighted by molar-refractivity contribution is 5.76. The number of alkyl halides is 3. The van der Waals surface area contributed by atoms with Gasteiger partial charge in [-0.2, -0.15) is 18.3 Å². The molecule has 0 bridgehead atoms. The van der Waals surface area contributed by atoms with Crippen molar-refractivity contribution in [2.45, 2.75) is 26.2 Å². The first kappa shape index (κ1) is 22.6. The van der Waals surface area contributed by atoms with Gasteiger partial charge in [-0.15, -0.1) is 0 Å². The highest BCUT2D eigenvalue weighted by Crippen LogP contribution is 2.36. The zero-order valence-corrected chi connectivity index (χ0v) is 16.3. The zero-order valence-electron chi connectivity index (χ0n) is 16.3. The number of piperazine rings is 1. The first-order valence-electron chi connectivity index (χ1n) is 9.21. The van der Waals surface area contributed by atoms with Gasteiger partial charge in [-0.1, -0.05) is 12.1 Å². The van der Waals surface area contributed by atoms with Gasteiger partial charge in [0.2, 0.25) is 11.6 Å². The van der Waals surface area contributed by atoms with E-state index in [0.29, 0.717) is 17.8 Å². The summed E-state index contributed by atoms with van der Waals surface area (Å²) in [5, 5.41) is 14.3. The van der Waals surface area contributed by atoms with Gasteiger partial charge >= 0.3 is 11.9 Å². The number of hydrogen-bond acceptors (Lipinski definition) is 5. The lowest BCUT2D eigenvalue weighted by Crippen LogP contribution is -2.49. The molecule has 1 aromatic heterocycles. The Morgan fingerprint density at radius 1 is 1.19 bits per heavy atom. The van der Waals surface area contributed by atoms with Crippen LogP contribution in [0.4, 0.5) is 27.6 Å². The van der Waals surface area contributed by atoms with Gasteiger partial charge in [0.1, 0.15) is 12.2 Å². The summed E-state index contributed by atoms with van der Waals surface area (Å²) < 4.78 is 66.9. The van der Waals surface area contributed by atoms with E-state index in [0.717, 1.165) is 13.0 Å². The van der Waals surface area contributed by atoms with Gasteiger partial charge in [-0.3, -0.25) is 24.5 Å². The summed E-state index contributed by atoms with van der Waals surface area (Å²) in [6.45, 7) is 1.77. The quantitative estimate of drug-likeness (QED) is 0.400. The van der Waals surface area contributed by atoms with E-state index >= 15 is 0 Å². The Morgan fingerprint density at radius 2 is 1.84 bits per heavy atom. The molecule has 1 aromatic carbocycles. The van der Waals surface area contributed by atoms with Crippen LogP contribution in [0.3, 0.4) is 0 Å². The first-order valence-corrected chi connectivity index (χ1v) is 9.21.